The minimum absolute atomic E-state index is 0.140. The fourth-order valence-electron chi connectivity index (χ4n) is 1.93. The van der Waals surface area contributed by atoms with E-state index in [4.69, 9.17) is 0 Å². The molecule has 0 atom stereocenters. The molecule has 0 saturated carbocycles. The minimum Gasteiger partial charge on any atom is -0.300 e. The number of piperidine rings is 1. The van der Waals surface area contributed by atoms with Crippen LogP contribution in [0.2, 0.25) is 0 Å². The molecular formula is C9H16NO. The summed E-state index contributed by atoms with van der Waals surface area (Å²) in [6.07, 6.45) is 1.22. The Morgan fingerprint density at radius 3 is 1.73 bits per heavy atom. The van der Waals surface area contributed by atoms with Gasteiger partial charge < -0.3 is 0 Å². The number of rotatable bonds is 0. The molecular weight excluding hydrogens is 138 g/mol. The summed E-state index contributed by atoms with van der Waals surface area (Å²) in [4.78, 5) is 11.2. The lowest BCUT2D eigenvalue weighted by molar-refractivity contribution is -0.124. The van der Waals surface area contributed by atoms with Gasteiger partial charge in [-0.15, -0.1) is 0 Å². The van der Waals surface area contributed by atoms with E-state index >= 15 is 0 Å². The van der Waals surface area contributed by atoms with E-state index in [-0.39, 0.29) is 11.1 Å². The Morgan fingerprint density at radius 1 is 1.09 bits per heavy atom. The van der Waals surface area contributed by atoms with Crippen molar-refractivity contribution in [3.05, 3.63) is 0 Å². The van der Waals surface area contributed by atoms with E-state index in [0.717, 1.165) is 0 Å². The van der Waals surface area contributed by atoms with E-state index in [2.05, 4.69) is 5.32 Å². The normalized spacial score (nSPS) is 28.5. The maximum Gasteiger partial charge on any atom is 0.136 e. The maximum atomic E-state index is 11.2. The van der Waals surface area contributed by atoms with Gasteiger partial charge in [-0.25, -0.2) is 5.32 Å². The van der Waals surface area contributed by atoms with Crippen molar-refractivity contribution in [1.82, 2.24) is 5.32 Å². The predicted molar refractivity (Wildman–Crippen MR) is 44.5 cm³/mol. The van der Waals surface area contributed by atoms with Crippen molar-refractivity contribution in [3.63, 3.8) is 0 Å². The Bertz CT molecular complexity index is 164. The molecule has 0 amide bonds. The van der Waals surface area contributed by atoms with E-state index in [1.165, 1.54) is 0 Å². The van der Waals surface area contributed by atoms with Gasteiger partial charge in [0, 0.05) is 23.9 Å². The zero-order chi connectivity index (χ0) is 8.70. The van der Waals surface area contributed by atoms with E-state index < -0.39 is 0 Å². The Balaban J connectivity index is 2.74. The van der Waals surface area contributed by atoms with Gasteiger partial charge in [0.2, 0.25) is 0 Å². The number of carbonyl (C=O) groups excluding carboxylic acids is 1. The molecule has 0 bridgehead atoms. The Hall–Kier alpha value is -0.370. The molecule has 1 radical (unpaired) electrons. The van der Waals surface area contributed by atoms with Crippen LogP contribution in [0.15, 0.2) is 0 Å². The number of carbonyl (C=O) groups is 1. The van der Waals surface area contributed by atoms with Crippen LogP contribution < -0.4 is 5.32 Å². The second-order valence-electron chi connectivity index (χ2n) is 4.63. The summed E-state index contributed by atoms with van der Waals surface area (Å²) in [5, 5.41) is 4.58. The quantitative estimate of drug-likeness (QED) is 0.520. The van der Waals surface area contributed by atoms with Crippen molar-refractivity contribution in [2.24, 2.45) is 0 Å². The average Bonchev–Trinajstić information content (AvgIpc) is 1.49. The summed E-state index contributed by atoms with van der Waals surface area (Å²) in [5.74, 6) is 0.343. The van der Waals surface area contributed by atoms with Crippen LogP contribution in [0, 0.1) is 0 Å². The topological polar surface area (TPSA) is 31.2 Å². The zero-order valence-electron chi connectivity index (χ0n) is 7.77. The molecule has 1 aliphatic rings. The van der Waals surface area contributed by atoms with Crippen molar-refractivity contribution in [1.29, 1.82) is 0 Å². The molecule has 2 nitrogen and oxygen atoms in total. The third kappa shape index (κ3) is 2.29. The van der Waals surface area contributed by atoms with Gasteiger partial charge in [0.25, 0.3) is 0 Å². The van der Waals surface area contributed by atoms with E-state index in [0.29, 0.717) is 18.6 Å². The summed E-state index contributed by atoms with van der Waals surface area (Å²) < 4.78 is 0. The third-order valence-electron chi connectivity index (χ3n) is 1.86. The molecule has 1 rings (SSSR count). The lowest BCUT2D eigenvalue weighted by Crippen LogP contribution is -2.52. The highest BCUT2D eigenvalue weighted by Gasteiger charge is 2.37. The molecule has 0 spiro atoms. The van der Waals surface area contributed by atoms with Crippen LogP contribution in [0.25, 0.3) is 0 Å². The fourth-order valence-corrected chi connectivity index (χ4v) is 1.93. The molecule has 0 aromatic heterocycles. The molecule has 1 aliphatic heterocycles. The Labute approximate surface area is 68.4 Å². The molecule has 1 heterocycles. The highest BCUT2D eigenvalue weighted by atomic mass is 16.1. The summed E-state index contributed by atoms with van der Waals surface area (Å²) in [6, 6.07) is 0. The molecule has 1 saturated heterocycles. The van der Waals surface area contributed by atoms with E-state index in [9.17, 15) is 4.79 Å². The number of hydrogen-bond donors (Lipinski definition) is 0. The standard InChI is InChI=1S/C9H16NO/c1-8(2)5-7(11)6-9(3,4)10-8/h5-6H2,1-4H3. The molecule has 0 unspecified atom stereocenters. The van der Waals surface area contributed by atoms with E-state index in [1.807, 2.05) is 27.7 Å². The van der Waals surface area contributed by atoms with Crippen LogP contribution in [0.1, 0.15) is 40.5 Å². The Kier molecular flexibility index (Phi) is 1.83. The molecule has 63 valence electrons. The summed E-state index contributed by atoms with van der Waals surface area (Å²) in [7, 11) is 0. The Morgan fingerprint density at radius 2 is 1.45 bits per heavy atom. The van der Waals surface area contributed by atoms with Crippen LogP contribution >= 0.6 is 0 Å². The smallest absolute Gasteiger partial charge is 0.136 e. The van der Waals surface area contributed by atoms with Gasteiger partial charge in [0.1, 0.15) is 5.78 Å². The van der Waals surface area contributed by atoms with Crippen LogP contribution in [0.3, 0.4) is 0 Å². The van der Waals surface area contributed by atoms with Crippen LogP contribution in [0.5, 0.6) is 0 Å². The van der Waals surface area contributed by atoms with Gasteiger partial charge in [-0.05, 0) is 27.7 Å². The largest absolute Gasteiger partial charge is 0.300 e. The molecule has 2 heteroatoms. The first-order chi connectivity index (χ1) is 4.81. The second kappa shape index (κ2) is 2.31. The van der Waals surface area contributed by atoms with Crippen molar-refractivity contribution in [2.45, 2.75) is 51.6 Å². The zero-order valence-corrected chi connectivity index (χ0v) is 7.77. The summed E-state index contributed by atoms with van der Waals surface area (Å²) in [6.45, 7) is 8.08. The average molecular weight is 154 g/mol. The third-order valence-corrected chi connectivity index (χ3v) is 1.86. The van der Waals surface area contributed by atoms with E-state index in [1.54, 1.807) is 0 Å². The van der Waals surface area contributed by atoms with Gasteiger partial charge in [-0.1, -0.05) is 0 Å². The van der Waals surface area contributed by atoms with Crippen molar-refractivity contribution in [3.8, 4) is 0 Å². The number of ketones is 1. The van der Waals surface area contributed by atoms with Crippen LogP contribution in [-0.4, -0.2) is 16.9 Å². The van der Waals surface area contributed by atoms with Gasteiger partial charge in [0.05, 0.1) is 0 Å². The highest BCUT2D eigenvalue weighted by Crippen LogP contribution is 2.27. The first-order valence-electron chi connectivity index (χ1n) is 4.07. The minimum atomic E-state index is -0.140. The van der Waals surface area contributed by atoms with Gasteiger partial charge in [0.15, 0.2) is 0 Å². The summed E-state index contributed by atoms with van der Waals surface area (Å²) >= 11 is 0. The number of nitrogens with zero attached hydrogens (tertiary/aromatic N) is 1. The molecule has 1 fully saturated rings. The second-order valence-corrected chi connectivity index (χ2v) is 4.63. The first-order valence-corrected chi connectivity index (χ1v) is 4.07. The molecule has 11 heavy (non-hydrogen) atoms. The van der Waals surface area contributed by atoms with Crippen LogP contribution in [-0.2, 0) is 4.79 Å². The maximum absolute atomic E-state index is 11.2. The van der Waals surface area contributed by atoms with Crippen molar-refractivity contribution >= 4 is 5.78 Å². The van der Waals surface area contributed by atoms with Gasteiger partial charge in [-0.2, -0.15) is 0 Å². The van der Waals surface area contributed by atoms with Crippen molar-refractivity contribution in [2.75, 3.05) is 0 Å². The monoisotopic (exact) mass is 154 g/mol. The molecule has 0 aromatic rings. The van der Waals surface area contributed by atoms with Crippen LogP contribution in [0.4, 0.5) is 0 Å². The molecule has 0 aromatic carbocycles. The fraction of sp³-hybridized carbons (Fsp3) is 0.889. The lowest BCUT2D eigenvalue weighted by Gasteiger charge is -2.39. The first kappa shape index (κ1) is 8.72. The van der Waals surface area contributed by atoms with Gasteiger partial charge >= 0.3 is 0 Å². The SMILES string of the molecule is CC1(C)CC(=O)CC(C)(C)[N]1. The summed E-state index contributed by atoms with van der Waals surface area (Å²) in [5.41, 5.74) is -0.280. The highest BCUT2D eigenvalue weighted by molar-refractivity contribution is 5.81. The van der Waals surface area contributed by atoms with Crippen molar-refractivity contribution < 1.29 is 4.79 Å². The lowest BCUT2D eigenvalue weighted by atomic mass is 9.82. The predicted octanol–water partition coefficient (Wildman–Crippen LogP) is 1.51. The molecule has 0 N–H and O–H groups in total. The molecule has 0 aliphatic carbocycles. The van der Waals surface area contributed by atoms with Gasteiger partial charge in [-0.3, -0.25) is 4.79 Å². The number of hydrogen-bond acceptors (Lipinski definition) is 1. The number of Topliss-reactive ketones (excluding diaryl/α,β-unsaturated/α-hetero) is 1.